The van der Waals surface area contributed by atoms with Gasteiger partial charge >= 0.3 is 5.97 Å². The molecule has 0 aliphatic rings. The molecule has 6 nitrogen and oxygen atoms in total. The van der Waals surface area contributed by atoms with Gasteiger partial charge in [-0.05, 0) is 42.0 Å². The van der Waals surface area contributed by atoms with Gasteiger partial charge in [-0.15, -0.1) is 0 Å². The summed E-state index contributed by atoms with van der Waals surface area (Å²) in [6.07, 6.45) is 2.33. The van der Waals surface area contributed by atoms with Crippen LogP contribution in [0.5, 0.6) is 0 Å². The fourth-order valence-corrected chi connectivity index (χ4v) is 3.52. The largest absolute Gasteiger partial charge is 0.481 e. The third kappa shape index (κ3) is 3.49. The van der Waals surface area contributed by atoms with Crippen molar-refractivity contribution in [3.63, 3.8) is 0 Å². The molecule has 1 heterocycles. The maximum Gasteiger partial charge on any atom is 0.307 e. The molecule has 0 saturated heterocycles. The molecule has 0 aliphatic heterocycles. The Morgan fingerprint density at radius 1 is 1.12 bits per heavy atom. The van der Waals surface area contributed by atoms with Crippen LogP contribution >= 0.6 is 11.6 Å². The molecule has 0 saturated carbocycles. The number of carbonyl (C=O) groups is 2. The van der Waals surface area contributed by atoms with E-state index in [0.717, 1.165) is 6.26 Å². The molecule has 0 spiro atoms. The van der Waals surface area contributed by atoms with Crippen molar-refractivity contribution < 1.29 is 23.1 Å². The Balaban J connectivity index is 2.10. The first-order valence-electron chi connectivity index (χ1n) is 7.53. The van der Waals surface area contributed by atoms with Crippen LogP contribution in [0.3, 0.4) is 0 Å². The summed E-state index contributed by atoms with van der Waals surface area (Å²) >= 11 is 6.02. The summed E-state index contributed by atoms with van der Waals surface area (Å²) in [7, 11) is -3.36. The van der Waals surface area contributed by atoms with Crippen LogP contribution in [0.1, 0.15) is 15.9 Å². The Kier molecular flexibility index (Phi) is 4.60. The van der Waals surface area contributed by atoms with E-state index in [1.165, 1.54) is 35.0 Å². The zero-order chi connectivity index (χ0) is 19.1. The average Bonchev–Trinajstić information content (AvgIpc) is 2.90. The van der Waals surface area contributed by atoms with Crippen LogP contribution in [-0.2, 0) is 21.1 Å². The van der Waals surface area contributed by atoms with Crippen LogP contribution in [-0.4, -0.2) is 36.2 Å². The Labute approximate surface area is 154 Å². The number of carboxylic acids is 1. The van der Waals surface area contributed by atoms with E-state index in [9.17, 15) is 18.0 Å². The average molecular weight is 392 g/mol. The van der Waals surface area contributed by atoms with Crippen LogP contribution in [0, 0.1) is 0 Å². The van der Waals surface area contributed by atoms with Crippen molar-refractivity contribution in [1.29, 1.82) is 0 Å². The molecule has 1 N–H and O–H groups in total. The first kappa shape index (κ1) is 18.2. The molecule has 0 amide bonds. The summed E-state index contributed by atoms with van der Waals surface area (Å²) in [4.78, 5) is 24.0. The highest BCUT2D eigenvalue weighted by Gasteiger charge is 2.18. The van der Waals surface area contributed by atoms with E-state index < -0.39 is 21.7 Å². The molecule has 0 fully saturated rings. The first-order valence-corrected chi connectivity index (χ1v) is 9.80. The number of rotatable bonds is 4. The van der Waals surface area contributed by atoms with Gasteiger partial charge in [-0.1, -0.05) is 17.7 Å². The number of halogens is 1. The van der Waals surface area contributed by atoms with E-state index in [1.807, 2.05) is 0 Å². The van der Waals surface area contributed by atoms with Crippen LogP contribution in [0.4, 0.5) is 0 Å². The summed E-state index contributed by atoms with van der Waals surface area (Å²) in [5.41, 5.74) is 1.26. The molecule has 0 bridgehead atoms. The van der Waals surface area contributed by atoms with E-state index in [4.69, 9.17) is 16.7 Å². The SMILES string of the molecule is CS(=O)(=O)c1ccc(C(=O)n2cc(CC(=O)O)c3ccc(Cl)cc32)cc1. The van der Waals surface area contributed by atoms with Gasteiger partial charge in [-0.2, -0.15) is 0 Å². The number of hydrogen-bond acceptors (Lipinski definition) is 4. The Morgan fingerprint density at radius 3 is 2.35 bits per heavy atom. The first-order chi connectivity index (χ1) is 12.2. The summed E-state index contributed by atoms with van der Waals surface area (Å²) < 4.78 is 24.4. The molecule has 134 valence electrons. The molecule has 0 unspecified atom stereocenters. The van der Waals surface area contributed by atoms with Gasteiger partial charge in [0, 0.05) is 28.4 Å². The van der Waals surface area contributed by atoms with Gasteiger partial charge in [-0.3, -0.25) is 14.2 Å². The Bertz CT molecular complexity index is 1130. The van der Waals surface area contributed by atoms with E-state index >= 15 is 0 Å². The Morgan fingerprint density at radius 2 is 1.77 bits per heavy atom. The highest BCUT2D eigenvalue weighted by molar-refractivity contribution is 7.90. The molecule has 0 radical (unpaired) electrons. The number of fused-ring (bicyclic) bond motifs is 1. The maximum absolute atomic E-state index is 12.9. The summed E-state index contributed by atoms with van der Waals surface area (Å²) in [6, 6.07) is 10.5. The normalized spacial score (nSPS) is 11.6. The minimum atomic E-state index is -3.36. The second-order valence-electron chi connectivity index (χ2n) is 5.86. The molecule has 3 aromatic rings. The fraction of sp³-hybridized carbons (Fsp3) is 0.111. The van der Waals surface area contributed by atoms with Gasteiger partial charge in [0.05, 0.1) is 16.8 Å². The minimum absolute atomic E-state index is 0.112. The van der Waals surface area contributed by atoms with Crippen molar-refractivity contribution >= 4 is 44.2 Å². The van der Waals surface area contributed by atoms with Crippen molar-refractivity contribution in [3.05, 3.63) is 64.8 Å². The lowest BCUT2D eigenvalue weighted by molar-refractivity contribution is -0.136. The number of sulfone groups is 1. The second-order valence-corrected chi connectivity index (χ2v) is 8.31. The van der Waals surface area contributed by atoms with Crippen molar-refractivity contribution in [1.82, 2.24) is 4.57 Å². The lowest BCUT2D eigenvalue weighted by Gasteiger charge is -2.05. The van der Waals surface area contributed by atoms with Crippen molar-refractivity contribution in [2.24, 2.45) is 0 Å². The number of aromatic nitrogens is 1. The fourth-order valence-electron chi connectivity index (χ4n) is 2.73. The summed E-state index contributed by atoms with van der Waals surface area (Å²) in [5.74, 6) is -1.42. The number of hydrogen-bond donors (Lipinski definition) is 1. The second kappa shape index (κ2) is 6.59. The molecule has 26 heavy (non-hydrogen) atoms. The standard InChI is InChI=1S/C18H14ClNO5S/c1-26(24,25)14-5-2-11(3-6-14)18(23)20-10-12(8-17(21)22)15-7-4-13(19)9-16(15)20/h2-7,9-10H,8H2,1H3,(H,21,22). The smallest absolute Gasteiger partial charge is 0.307 e. The van der Waals surface area contributed by atoms with E-state index in [0.29, 0.717) is 21.5 Å². The molecule has 1 aromatic heterocycles. The van der Waals surface area contributed by atoms with Crippen LogP contribution in [0.15, 0.2) is 53.6 Å². The van der Waals surface area contributed by atoms with Crippen LogP contribution in [0.2, 0.25) is 5.02 Å². The van der Waals surface area contributed by atoms with E-state index in [2.05, 4.69) is 0 Å². The van der Waals surface area contributed by atoms with Gasteiger partial charge in [0.1, 0.15) is 0 Å². The molecule has 3 rings (SSSR count). The molecular formula is C18H14ClNO5S. The lowest BCUT2D eigenvalue weighted by atomic mass is 10.1. The molecule has 2 aromatic carbocycles. The molecule has 0 aliphatic carbocycles. The predicted octanol–water partition coefficient (Wildman–Crippen LogP) is 3.01. The number of benzene rings is 2. The van der Waals surface area contributed by atoms with Crippen molar-refractivity contribution in [2.45, 2.75) is 11.3 Å². The third-order valence-electron chi connectivity index (χ3n) is 3.94. The minimum Gasteiger partial charge on any atom is -0.481 e. The number of carbonyl (C=O) groups excluding carboxylic acids is 1. The topological polar surface area (TPSA) is 93.4 Å². The third-order valence-corrected chi connectivity index (χ3v) is 5.30. The lowest BCUT2D eigenvalue weighted by Crippen LogP contribution is -2.11. The summed E-state index contributed by atoms with van der Waals surface area (Å²) in [6.45, 7) is 0. The van der Waals surface area contributed by atoms with Crippen LogP contribution in [0.25, 0.3) is 10.9 Å². The van der Waals surface area contributed by atoms with E-state index in [1.54, 1.807) is 18.2 Å². The zero-order valence-electron chi connectivity index (χ0n) is 13.6. The zero-order valence-corrected chi connectivity index (χ0v) is 15.2. The number of nitrogens with zero attached hydrogens (tertiary/aromatic N) is 1. The monoisotopic (exact) mass is 391 g/mol. The maximum atomic E-state index is 12.9. The van der Waals surface area contributed by atoms with Crippen LogP contribution < -0.4 is 0 Å². The number of carboxylic acid groups (broad SMARTS) is 1. The molecular weight excluding hydrogens is 378 g/mol. The van der Waals surface area contributed by atoms with Gasteiger partial charge in [0.2, 0.25) is 0 Å². The Hall–Kier alpha value is -2.64. The van der Waals surface area contributed by atoms with Gasteiger partial charge in [-0.25, -0.2) is 8.42 Å². The highest BCUT2D eigenvalue weighted by Crippen LogP contribution is 2.26. The molecule has 0 atom stereocenters. The van der Waals surface area contributed by atoms with Crippen molar-refractivity contribution in [3.8, 4) is 0 Å². The quantitative estimate of drug-likeness (QED) is 0.737. The van der Waals surface area contributed by atoms with Crippen molar-refractivity contribution in [2.75, 3.05) is 6.26 Å². The van der Waals surface area contributed by atoms with E-state index in [-0.39, 0.29) is 16.9 Å². The van der Waals surface area contributed by atoms with Gasteiger partial charge < -0.3 is 5.11 Å². The number of aliphatic carboxylic acids is 1. The highest BCUT2D eigenvalue weighted by atomic mass is 35.5. The summed E-state index contributed by atoms with van der Waals surface area (Å²) in [5, 5.41) is 10.1. The molecule has 8 heteroatoms. The van der Waals surface area contributed by atoms with Gasteiger partial charge in [0.25, 0.3) is 5.91 Å². The predicted molar refractivity (Wildman–Crippen MR) is 97.6 cm³/mol. The van der Waals surface area contributed by atoms with Gasteiger partial charge in [0.15, 0.2) is 9.84 Å².